The second-order valence-electron chi connectivity index (χ2n) is 6.57. The molecule has 1 aliphatic rings. The van der Waals surface area contributed by atoms with Crippen molar-refractivity contribution in [1.82, 2.24) is 15.7 Å². The Labute approximate surface area is 146 Å². The maximum atomic E-state index is 12.2. The van der Waals surface area contributed by atoms with E-state index in [1.165, 1.54) is 5.56 Å². The number of aromatic amines is 1. The quantitative estimate of drug-likeness (QED) is 0.685. The summed E-state index contributed by atoms with van der Waals surface area (Å²) in [6, 6.07) is 14.6. The Morgan fingerprint density at radius 1 is 1.12 bits per heavy atom. The topological polar surface area (TPSA) is 69.3 Å². The van der Waals surface area contributed by atoms with E-state index in [4.69, 9.17) is 0 Å². The van der Waals surface area contributed by atoms with Gasteiger partial charge < -0.3 is 10.3 Å². The number of hydrazone groups is 1. The van der Waals surface area contributed by atoms with Gasteiger partial charge in [-0.1, -0.05) is 44.2 Å². The highest BCUT2D eigenvalue weighted by Gasteiger charge is 2.20. The number of amides is 1. The number of benzene rings is 2. The molecule has 3 N–H and O–H groups in total. The van der Waals surface area contributed by atoms with Gasteiger partial charge in [-0.2, -0.15) is 5.10 Å². The Kier molecular flexibility index (Phi) is 3.86. The number of hydrogen-bond acceptors (Lipinski definition) is 3. The first-order valence-electron chi connectivity index (χ1n) is 8.44. The predicted molar refractivity (Wildman–Crippen MR) is 101 cm³/mol. The zero-order valence-electron chi connectivity index (χ0n) is 14.3. The van der Waals surface area contributed by atoms with Crippen molar-refractivity contribution >= 4 is 23.0 Å². The summed E-state index contributed by atoms with van der Waals surface area (Å²) in [5.74, 6) is -0.179. The molecule has 126 valence electrons. The van der Waals surface area contributed by atoms with Crippen LogP contribution < -0.4 is 10.7 Å². The van der Waals surface area contributed by atoms with Gasteiger partial charge in [-0.15, -0.1) is 0 Å². The molecule has 0 unspecified atom stereocenters. The van der Waals surface area contributed by atoms with E-state index in [2.05, 4.69) is 58.9 Å². The van der Waals surface area contributed by atoms with Crippen LogP contribution in [0.15, 0.2) is 47.6 Å². The Hall–Kier alpha value is -2.92. The van der Waals surface area contributed by atoms with Crippen molar-refractivity contribution in [2.24, 2.45) is 5.10 Å². The number of H-pyrrole nitrogens is 1. The van der Waals surface area contributed by atoms with Gasteiger partial charge in [0.1, 0.15) is 0 Å². The van der Waals surface area contributed by atoms with Gasteiger partial charge >= 0.3 is 0 Å². The lowest BCUT2D eigenvalue weighted by atomic mass is 10.0. The molecule has 0 fully saturated rings. The number of nitrogens with one attached hydrogen (secondary N) is 3. The molecule has 0 saturated carbocycles. The molecule has 0 aliphatic carbocycles. The first-order chi connectivity index (χ1) is 12.1. The molecule has 0 spiro atoms. The summed E-state index contributed by atoms with van der Waals surface area (Å²) in [6.45, 7) is 5.12. The molecule has 1 aromatic heterocycles. The van der Waals surface area contributed by atoms with Crippen molar-refractivity contribution in [1.29, 1.82) is 0 Å². The summed E-state index contributed by atoms with van der Waals surface area (Å²) in [5.41, 5.74) is 8.38. The third kappa shape index (κ3) is 2.83. The van der Waals surface area contributed by atoms with Crippen LogP contribution in [-0.4, -0.2) is 23.1 Å². The van der Waals surface area contributed by atoms with E-state index in [0.717, 1.165) is 34.3 Å². The van der Waals surface area contributed by atoms with Gasteiger partial charge in [0.25, 0.3) is 5.91 Å². The van der Waals surface area contributed by atoms with E-state index in [-0.39, 0.29) is 5.91 Å². The zero-order valence-corrected chi connectivity index (χ0v) is 14.3. The highest BCUT2D eigenvalue weighted by atomic mass is 16.2. The van der Waals surface area contributed by atoms with E-state index in [1.54, 1.807) is 6.21 Å². The molecule has 5 nitrogen and oxygen atoms in total. The first-order valence-corrected chi connectivity index (χ1v) is 8.44. The van der Waals surface area contributed by atoms with E-state index in [0.29, 0.717) is 11.6 Å². The van der Waals surface area contributed by atoms with Crippen molar-refractivity contribution in [3.05, 3.63) is 59.2 Å². The Morgan fingerprint density at radius 2 is 1.92 bits per heavy atom. The minimum absolute atomic E-state index is 0.179. The lowest BCUT2D eigenvalue weighted by molar-refractivity contribution is 0.0957. The third-order valence-corrected chi connectivity index (χ3v) is 4.42. The van der Waals surface area contributed by atoms with E-state index >= 15 is 0 Å². The highest BCUT2D eigenvalue weighted by Crippen LogP contribution is 2.32. The average Bonchev–Trinajstić information content (AvgIpc) is 2.89. The molecule has 0 saturated heterocycles. The maximum Gasteiger partial charge on any atom is 0.272 e. The number of carbonyl (C=O) groups excluding carboxylic acids is 1. The fraction of sp³-hybridized carbons (Fsp3) is 0.200. The van der Waals surface area contributed by atoms with Crippen molar-refractivity contribution in [2.75, 3.05) is 0 Å². The van der Waals surface area contributed by atoms with Crippen LogP contribution in [0.1, 0.15) is 35.3 Å². The Balaban J connectivity index is 1.78. The van der Waals surface area contributed by atoms with Gasteiger partial charge in [0.05, 0.1) is 17.5 Å². The van der Waals surface area contributed by atoms with Gasteiger partial charge in [0.2, 0.25) is 0 Å². The molecule has 1 aliphatic heterocycles. The second kappa shape index (κ2) is 6.18. The summed E-state index contributed by atoms with van der Waals surface area (Å²) < 4.78 is 0. The lowest BCUT2D eigenvalue weighted by Crippen LogP contribution is -2.21. The second-order valence-corrected chi connectivity index (χ2v) is 6.57. The lowest BCUT2D eigenvalue weighted by Gasteiger charge is -2.08. The van der Waals surface area contributed by atoms with Crippen LogP contribution in [0.5, 0.6) is 0 Å². The number of aromatic nitrogens is 1. The summed E-state index contributed by atoms with van der Waals surface area (Å²) in [5, 5.41) is 8.40. The van der Waals surface area contributed by atoms with Crippen LogP contribution in [0.4, 0.5) is 0 Å². The van der Waals surface area contributed by atoms with E-state index in [1.807, 2.05) is 18.2 Å². The molecule has 0 atom stereocenters. The van der Waals surface area contributed by atoms with E-state index < -0.39 is 0 Å². The number of nitrogens with zero attached hydrogens (tertiary/aromatic N) is 1. The van der Waals surface area contributed by atoms with Crippen LogP contribution in [0, 0.1) is 0 Å². The summed E-state index contributed by atoms with van der Waals surface area (Å²) >= 11 is 0. The Morgan fingerprint density at radius 3 is 2.68 bits per heavy atom. The maximum absolute atomic E-state index is 12.2. The minimum atomic E-state index is -0.179. The molecule has 5 heteroatoms. The van der Waals surface area contributed by atoms with Crippen LogP contribution in [0.3, 0.4) is 0 Å². The van der Waals surface area contributed by atoms with Crippen molar-refractivity contribution in [3.63, 3.8) is 0 Å². The molecule has 2 aromatic carbocycles. The number of hydrogen-bond donors (Lipinski definition) is 3. The summed E-state index contributed by atoms with van der Waals surface area (Å²) in [6.07, 6.45) is 1.72. The van der Waals surface area contributed by atoms with Crippen LogP contribution in [0.25, 0.3) is 22.2 Å². The molecular weight excluding hydrogens is 312 g/mol. The third-order valence-electron chi connectivity index (χ3n) is 4.42. The molecule has 1 amide bonds. The summed E-state index contributed by atoms with van der Waals surface area (Å²) in [7, 11) is 0. The smallest absolute Gasteiger partial charge is 0.272 e. The molecular formula is C20H20N4O. The highest BCUT2D eigenvalue weighted by molar-refractivity contribution is 6.17. The van der Waals surface area contributed by atoms with Crippen molar-refractivity contribution in [2.45, 2.75) is 26.4 Å². The van der Waals surface area contributed by atoms with Gasteiger partial charge in [-0.25, -0.2) is 5.43 Å². The summed E-state index contributed by atoms with van der Waals surface area (Å²) in [4.78, 5) is 15.6. The normalized spacial score (nSPS) is 13.3. The van der Waals surface area contributed by atoms with Crippen molar-refractivity contribution in [3.8, 4) is 11.3 Å². The minimum Gasteiger partial charge on any atom is -0.354 e. The number of carbonyl (C=O) groups is 1. The fourth-order valence-corrected chi connectivity index (χ4v) is 3.15. The predicted octanol–water partition coefficient (Wildman–Crippen LogP) is 3.41. The van der Waals surface area contributed by atoms with Gasteiger partial charge in [-0.05, 0) is 23.3 Å². The van der Waals surface area contributed by atoms with Crippen LogP contribution in [-0.2, 0) is 6.54 Å². The largest absolute Gasteiger partial charge is 0.354 e. The fourth-order valence-electron chi connectivity index (χ4n) is 3.15. The molecule has 0 bridgehead atoms. The van der Waals surface area contributed by atoms with Gasteiger partial charge in [-0.3, -0.25) is 4.79 Å². The van der Waals surface area contributed by atoms with Gasteiger partial charge in [0, 0.05) is 29.1 Å². The standard InChI is InChI=1S/C20H20N4O/c1-12(2)21-10-13-6-8-14(9-7-13)19-16-11-22-24-20(25)15-4-3-5-17(23-19)18(15)16/h3-9,11-12,21,23H,10H2,1-2H3,(H,24,25). The molecule has 0 radical (unpaired) electrons. The molecule has 4 rings (SSSR count). The van der Waals surface area contributed by atoms with Crippen molar-refractivity contribution < 1.29 is 4.79 Å². The molecule has 25 heavy (non-hydrogen) atoms. The van der Waals surface area contributed by atoms with E-state index in [9.17, 15) is 4.79 Å². The molecule has 2 heterocycles. The zero-order chi connectivity index (χ0) is 17.4. The van der Waals surface area contributed by atoms with Crippen LogP contribution in [0.2, 0.25) is 0 Å². The Bertz CT molecular complexity index is 967. The monoisotopic (exact) mass is 332 g/mol. The average molecular weight is 332 g/mol. The molecule has 3 aromatic rings. The van der Waals surface area contributed by atoms with Crippen LogP contribution >= 0.6 is 0 Å². The SMILES string of the molecule is CC(C)NCc1ccc(-c2[nH]c3cccc4c3c2C=NNC4=O)cc1. The van der Waals surface area contributed by atoms with Gasteiger partial charge in [0.15, 0.2) is 0 Å². The number of rotatable bonds is 4. The first kappa shape index (κ1) is 15.6.